The third-order valence-corrected chi connectivity index (χ3v) is 4.13. The first-order chi connectivity index (χ1) is 9.21. The Hall–Kier alpha value is -0.980. The van der Waals surface area contributed by atoms with E-state index in [1.165, 1.54) is 11.1 Å². The van der Waals surface area contributed by atoms with E-state index in [9.17, 15) is 5.11 Å². The topological polar surface area (TPSA) is 20.2 Å². The number of hydrogen-bond donors (Lipinski definition) is 1. The molecule has 120 valence electrons. The lowest BCUT2D eigenvalue weighted by Gasteiger charge is -2.34. The van der Waals surface area contributed by atoms with Crippen LogP contribution in [-0.2, 0) is 22.7 Å². The lowest BCUT2D eigenvalue weighted by atomic mass is 9.71. The molecule has 0 aliphatic carbocycles. The van der Waals surface area contributed by atoms with Gasteiger partial charge in [0.2, 0.25) is 0 Å². The van der Waals surface area contributed by atoms with E-state index in [0.717, 1.165) is 17.5 Å². The van der Waals surface area contributed by atoms with Crippen molar-refractivity contribution in [2.24, 2.45) is 0 Å². The van der Waals surface area contributed by atoms with Gasteiger partial charge < -0.3 is 5.11 Å². The molecule has 0 radical (unpaired) electrons. The fourth-order valence-corrected chi connectivity index (χ4v) is 3.13. The fraction of sp³-hybridized carbons (Fsp3) is 0.700. The van der Waals surface area contributed by atoms with E-state index >= 15 is 0 Å². The number of hydrogen-bond acceptors (Lipinski definition) is 1. The van der Waals surface area contributed by atoms with Crippen molar-refractivity contribution < 1.29 is 5.11 Å². The molecule has 0 atom stereocenters. The average Bonchev–Trinajstić information content (AvgIpc) is 2.22. The molecule has 0 unspecified atom stereocenters. The van der Waals surface area contributed by atoms with Crippen LogP contribution in [0.4, 0.5) is 0 Å². The van der Waals surface area contributed by atoms with Gasteiger partial charge >= 0.3 is 0 Å². The van der Waals surface area contributed by atoms with Crippen LogP contribution in [0.5, 0.6) is 5.75 Å². The van der Waals surface area contributed by atoms with Gasteiger partial charge in [0, 0.05) is 5.56 Å². The Morgan fingerprint density at radius 2 is 1.19 bits per heavy atom. The second kappa shape index (κ2) is 5.34. The zero-order valence-corrected chi connectivity index (χ0v) is 15.7. The molecule has 1 N–H and O–H groups in total. The van der Waals surface area contributed by atoms with Crippen molar-refractivity contribution in [3.05, 3.63) is 28.3 Å². The van der Waals surface area contributed by atoms with E-state index in [1.807, 2.05) is 0 Å². The molecule has 1 heteroatoms. The van der Waals surface area contributed by atoms with Crippen molar-refractivity contribution in [2.75, 3.05) is 0 Å². The second-order valence-corrected chi connectivity index (χ2v) is 9.28. The van der Waals surface area contributed by atoms with Gasteiger partial charge in [-0.15, -0.1) is 0 Å². The Kier molecular flexibility index (Phi) is 4.59. The number of benzene rings is 1. The molecule has 0 bridgehead atoms. The number of phenolic OH excluding ortho intramolecular Hbond substituents is 1. The third kappa shape index (κ3) is 3.62. The van der Waals surface area contributed by atoms with E-state index in [1.54, 1.807) is 0 Å². The number of aromatic hydroxyl groups is 1. The van der Waals surface area contributed by atoms with E-state index in [4.69, 9.17) is 0 Å². The third-order valence-electron chi connectivity index (χ3n) is 4.13. The van der Waals surface area contributed by atoms with Crippen LogP contribution >= 0.6 is 0 Å². The zero-order valence-electron chi connectivity index (χ0n) is 15.7. The van der Waals surface area contributed by atoms with Gasteiger partial charge in [-0.25, -0.2) is 0 Å². The summed E-state index contributed by atoms with van der Waals surface area (Å²) in [4.78, 5) is 0. The van der Waals surface area contributed by atoms with Gasteiger partial charge in [0.25, 0.3) is 0 Å². The SMILES string of the molecule is CCc1c(C(C)(C)C)cc(C(C)(C)C)c(O)c1C(C)(C)C. The average molecular weight is 290 g/mol. The molecule has 1 nitrogen and oxygen atoms in total. The van der Waals surface area contributed by atoms with E-state index < -0.39 is 0 Å². The predicted octanol–water partition coefficient (Wildman–Crippen LogP) is 5.85. The molecule has 0 saturated carbocycles. The fourth-order valence-electron chi connectivity index (χ4n) is 3.13. The Labute approximate surface area is 131 Å². The van der Waals surface area contributed by atoms with Crippen LogP contribution in [0.15, 0.2) is 6.07 Å². The minimum absolute atomic E-state index is 0.0588. The van der Waals surface area contributed by atoms with E-state index in [2.05, 4.69) is 75.3 Å². The molecule has 1 aromatic carbocycles. The molecule has 0 aliphatic rings. The first-order valence-electron chi connectivity index (χ1n) is 8.11. The summed E-state index contributed by atoms with van der Waals surface area (Å²) in [6, 6.07) is 2.24. The van der Waals surface area contributed by atoms with Crippen molar-refractivity contribution in [3.8, 4) is 5.75 Å². The summed E-state index contributed by atoms with van der Waals surface area (Å²) in [6.45, 7) is 22.1. The van der Waals surface area contributed by atoms with Gasteiger partial charge in [-0.1, -0.05) is 75.3 Å². The molecule has 0 aromatic heterocycles. The maximum Gasteiger partial charge on any atom is 0.123 e. The first kappa shape index (κ1) is 18.1. The minimum atomic E-state index is -0.0592. The van der Waals surface area contributed by atoms with Gasteiger partial charge in [-0.05, 0) is 39.4 Å². The molecule has 0 amide bonds. The van der Waals surface area contributed by atoms with Crippen LogP contribution in [0.3, 0.4) is 0 Å². The Balaban J connectivity index is 3.93. The summed E-state index contributed by atoms with van der Waals surface area (Å²) in [5.41, 5.74) is 4.85. The van der Waals surface area contributed by atoms with Crippen molar-refractivity contribution in [2.45, 2.75) is 91.9 Å². The molecular weight excluding hydrogens is 256 g/mol. The van der Waals surface area contributed by atoms with E-state index in [-0.39, 0.29) is 16.2 Å². The van der Waals surface area contributed by atoms with Crippen LogP contribution in [0.25, 0.3) is 0 Å². The normalized spacial score (nSPS) is 13.6. The lowest BCUT2D eigenvalue weighted by Crippen LogP contribution is -2.24. The molecule has 0 saturated heterocycles. The molecule has 21 heavy (non-hydrogen) atoms. The number of phenols is 1. The van der Waals surface area contributed by atoms with Gasteiger partial charge in [0.1, 0.15) is 5.75 Å². The standard InChI is InChI=1S/C20H34O/c1-11-13-14(18(2,3)4)12-15(19(5,6)7)17(21)16(13)20(8,9)10/h12,21H,11H2,1-10H3. The van der Waals surface area contributed by atoms with Crippen molar-refractivity contribution in [3.63, 3.8) is 0 Å². The summed E-state index contributed by atoms with van der Waals surface area (Å²) in [6.07, 6.45) is 0.956. The molecule has 0 heterocycles. The minimum Gasteiger partial charge on any atom is -0.507 e. The number of rotatable bonds is 1. The quantitative estimate of drug-likeness (QED) is 0.688. The second-order valence-electron chi connectivity index (χ2n) is 9.28. The van der Waals surface area contributed by atoms with Crippen molar-refractivity contribution in [1.82, 2.24) is 0 Å². The molecule has 0 fully saturated rings. The van der Waals surface area contributed by atoms with Gasteiger partial charge in [-0.3, -0.25) is 0 Å². The highest BCUT2D eigenvalue weighted by molar-refractivity contribution is 5.56. The highest BCUT2D eigenvalue weighted by Gasteiger charge is 2.32. The maximum absolute atomic E-state index is 11.0. The van der Waals surface area contributed by atoms with Gasteiger partial charge in [-0.2, -0.15) is 0 Å². The molecule has 0 spiro atoms. The summed E-state index contributed by atoms with van der Waals surface area (Å²) >= 11 is 0. The van der Waals surface area contributed by atoms with Gasteiger partial charge in [0.05, 0.1) is 0 Å². The van der Waals surface area contributed by atoms with Crippen molar-refractivity contribution >= 4 is 0 Å². The predicted molar refractivity (Wildman–Crippen MR) is 93.6 cm³/mol. The van der Waals surface area contributed by atoms with Gasteiger partial charge in [0.15, 0.2) is 0 Å². The molecular formula is C20H34O. The Bertz CT molecular complexity index is 517. The zero-order chi connectivity index (χ0) is 16.8. The van der Waals surface area contributed by atoms with Crippen LogP contribution in [0.1, 0.15) is 91.5 Å². The molecule has 1 aromatic rings. The summed E-state index contributed by atoms with van der Waals surface area (Å²) in [5.74, 6) is 0.500. The smallest absolute Gasteiger partial charge is 0.123 e. The largest absolute Gasteiger partial charge is 0.507 e. The first-order valence-corrected chi connectivity index (χ1v) is 8.11. The highest BCUT2D eigenvalue weighted by Crippen LogP contribution is 2.45. The maximum atomic E-state index is 11.0. The lowest BCUT2D eigenvalue weighted by molar-refractivity contribution is 0.418. The van der Waals surface area contributed by atoms with Crippen LogP contribution in [-0.4, -0.2) is 5.11 Å². The Morgan fingerprint density at radius 3 is 1.48 bits per heavy atom. The summed E-state index contributed by atoms with van der Waals surface area (Å²) < 4.78 is 0. The Morgan fingerprint density at radius 1 is 0.762 bits per heavy atom. The highest BCUT2D eigenvalue weighted by atomic mass is 16.3. The monoisotopic (exact) mass is 290 g/mol. The van der Waals surface area contributed by atoms with Crippen molar-refractivity contribution in [1.29, 1.82) is 0 Å². The summed E-state index contributed by atoms with van der Waals surface area (Å²) in [5, 5.41) is 11.0. The molecule has 0 aliphatic heterocycles. The van der Waals surface area contributed by atoms with Crippen LogP contribution < -0.4 is 0 Å². The van der Waals surface area contributed by atoms with Crippen LogP contribution in [0.2, 0.25) is 0 Å². The van der Waals surface area contributed by atoms with E-state index in [0.29, 0.717) is 5.75 Å². The summed E-state index contributed by atoms with van der Waals surface area (Å²) in [7, 11) is 0. The molecule has 1 rings (SSSR count). The van der Waals surface area contributed by atoms with Crippen LogP contribution in [0, 0.1) is 0 Å².